The highest BCUT2D eigenvalue weighted by Gasteiger charge is 2.51. The highest BCUT2D eigenvalue weighted by Crippen LogP contribution is 2.57. The molecule has 23 heavy (non-hydrogen) atoms. The van der Waals surface area contributed by atoms with Crippen LogP contribution in [0.2, 0.25) is 0 Å². The fourth-order valence-electron chi connectivity index (χ4n) is 5.39. The van der Waals surface area contributed by atoms with Crippen molar-refractivity contribution in [2.45, 2.75) is 76.9 Å². The minimum atomic E-state index is -0.172. The number of hydrogen-bond donors (Lipinski definition) is 1. The molecule has 0 heterocycles. The first-order valence-electron chi connectivity index (χ1n) is 8.98. The van der Waals surface area contributed by atoms with Gasteiger partial charge in [0.25, 0.3) is 0 Å². The molecule has 0 aliphatic heterocycles. The quantitative estimate of drug-likeness (QED) is 0.809. The van der Waals surface area contributed by atoms with Crippen LogP contribution in [0.5, 0.6) is 0 Å². The van der Waals surface area contributed by atoms with Crippen LogP contribution in [-0.4, -0.2) is 23.3 Å². The van der Waals surface area contributed by atoms with Crippen molar-refractivity contribution in [3.63, 3.8) is 0 Å². The number of aliphatic hydroxyl groups excluding tert-OH is 1. The summed E-state index contributed by atoms with van der Waals surface area (Å²) < 4.78 is 5.65. The predicted octanol–water partition coefficient (Wildman–Crippen LogP) is 3.30. The van der Waals surface area contributed by atoms with Crippen LogP contribution in [0.1, 0.15) is 67.7 Å². The molecular weight excluding hydrogens is 288 g/mol. The van der Waals surface area contributed by atoms with Crippen LogP contribution >= 0.6 is 0 Å². The fraction of sp³-hybridized carbons (Fsp3) is 0.650. The lowest BCUT2D eigenvalue weighted by molar-refractivity contribution is -0.152. The summed E-state index contributed by atoms with van der Waals surface area (Å²) in [5, 5.41) is 9.92. The van der Waals surface area contributed by atoms with Crippen molar-refractivity contribution in [3.8, 4) is 0 Å². The summed E-state index contributed by atoms with van der Waals surface area (Å²) in [7, 11) is 0. The van der Waals surface area contributed by atoms with Gasteiger partial charge in [0.2, 0.25) is 0 Å². The van der Waals surface area contributed by atoms with Gasteiger partial charge in [-0.05, 0) is 73.1 Å². The zero-order chi connectivity index (χ0) is 16.2. The lowest BCUT2D eigenvalue weighted by Crippen LogP contribution is -2.38. The average Bonchev–Trinajstić information content (AvgIpc) is 2.83. The Hall–Kier alpha value is -1.35. The molecule has 0 amide bonds. The van der Waals surface area contributed by atoms with Crippen molar-refractivity contribution in [1.29, 1.82) is 0 Å². The van der Waals surface area contributed by atoms with Crippen molar-refractivity contribution in [2.75, 3.05) is 0 Å². The van der Waals surface area contributed by atoms with E-state index in [9.17, 15) is 9.90 Å². The lowest BCUT2D eigenvalue weighted by atomic mass is 9.64. The summed E-state index contributed by atoms with van der Waals surface area (Å²) in [5.41, 5.74) is 5.97. The second-order valence-corrected chi connectivity index (χ2v) is 7.90. The molecule has 124 valence electrons. The maximum atomic E-state index is 11.4. The molecule has 1 fully saturated rings. The van der Waals surface area contributed by atoms with Crippen molar-refractivity contribution in [3.05, 3.63) is 34.4 Å². The predicted molar refractivity (Wildman–Crippen MR) is 88.4 cm³/mol. The zero-order valence-electron chi connectivity index (χ0n) is 14.1. The van der Waals surface area contributed by atoms with Crippen LogP contribution < -0.4 is 0 Å². The van der Waals surface area contributed by atoms with Crippen LogP contribution in [0, 0.1) is 5.41 Å². The molecular formula is C20H26O3. The monoisotopic (exact) mass is 314 g/mol. The van der Waals surface area contributed by atoms with E-state index in [1.165, 1.54) is 23.6 Å². The third-order valence-electron chi connectivity index (χ3n) is 6.59. The molecule has 3 aliphatic carbocycles. The number of fused-ring (bicyclic) bond motifs is 5. The molecule has 4 atom stereocenters. The van der Waals surface area contributed by atoms with Crippen LogP contribution in [0.15, 0.2) is 12.1 Å². The van der Waals surface area contributed by atoms with Crippen LogP contribution in [0.3, 0.4) is 0 Å². The molecule has 1 N–H and O–H groups in total. The van der Waals surface area contributed by atoms with Crippen molar-refractivity contribution >= 4 is 5.97 Å². The Morgan fingerprint density at radius 1 is 1.22 bits per heavy atom. The Morgan fingerprint density at radius 3 is 2.83 bits per heavy atom. The molecule has 1 aromatic rings. The Balaban J connectivity index is 1.71. The van der Waals surface area contributed by atoms with E-state index in [0.29, 0.717) is 5.92 Å². The number of carbonyl (C=O) groups is 1. The number of benzene rings is 1. The van der Waals surface area contributed by atoms with E-state index < -0.39 is 0 Å². The van der Waals surface area contributed by atoms with Crippen LogP contribution in [0.25, 0.3) is 0 Å². The standard InChI is InChI=1S/C20H26O3/c1-12(21)23-19-8-7-18-17-5-3-13-11-14(22)4-6-15(13)16(17)9-10-20(18,19)2/h3,5,14,18-19,22H,4,6-11H2,1-2H3. The number of ether oxygens (including phenoxy) is 1. The molecule has 4 unspecified atom stereocenters. The zero-order valence-corrected chi connectivity index (χ0v) is 14.1. The smallest absolute Gasteiger partial charge is 0.302 e. The first-order chi connectivity index (χ1) is 11.0. The van der Waals surface area contributed by atoms with Gasteiger partial charge >= 0.3 is 5.97 Å². The molecule has 0 bridgehead atoms. The third-order valence-corrected chi connectivity index (χ3v) is 6.59. The second kappa shape index (κ2) is 5.34. The molecule has 3 nitrogen and oxygen atoms in total. The van der Waals surface area contributed by atoms with Crippen LogP contribution in [-0.2, 0) is 28.8 Å². The van der Waals surface area contributed by atoms with E-state index in [1.54, 1.807) is 5.56 Å². The second-order valence-electron chi connectivity index (χ2n) is 7.90. The van der Waals surface area contributed by atoms with E-state index in [1.807, 2.05) is 0 Å². The summed E-state index contributed by atoms with van der Waals surface area (Å²) in [5.74, 6) is 0.356. The summed E-state index contributed by atoms with van der Waals surface area (Å²) in [6.07, 6.45) is 6.88. The first-order valence-corrected chi connectivity index (χ1v) is 8.98. The fourth-order valence-corrected chi connectivity index (χ4v) is 5.39. The van der Waals surface area contributed by atoms with Crippen molar-refractivity contribution in [2.24, 2.45) is 5.41 Å². The molecule has 1 saturated carbocycles. The molecule has 4 rings (SSSR count). The highest BCUT2D eigenvalue weighted by atomic mass is 16.5. The van der Waals surface area contributed by atoms with Gasteiger partial charge in [0.1, 0.15) is 6.10 Å². The number of rotatable bonds is 1. The lowest BCUT2D eigenvalue weighted by Gasteiger charge is -2.42. The molecule has 0 saturated heterocycles. The van der Waals surface area contributed by atoms with Gasteiger partial charge in [-0.2, -0.15) is 0 Å². The summed E-state index contributed by atoms with van der Waals surface area (Å²) >= 11 is 0. The van der Waals surface area contributed by atoms with Gasteiger partial charge in [-0.25, -0.2) is 0 Å². The first kappa shape index (κ1) is 15.2. The summed E-state index contributed by atoms with van der Waals surface area (Å²) in [4.78, 5) is 11.4. The molecule has 1 aromatic carbocycles. The molecule has 0 radical (unpaired) electrons. The van der Waals surface area contributed by atoms with E-state index in [2.05, 4.69) is 19.1 Å². The maximum absolute atomic E-state index is 11.4. The maximum Gasteiger partial charge on any atom is 0.302 e. The van der Waals surface area contributed by atoms with Crippen molar-refractivity contribution in [1.82, 2.24) is 0 Å². The molecule has 0 spiro atoms. The van der Waals surface area contributed by atoms with E-state index in [0.717, 1.165) is 44.9 Å². The number of hydrogen-bond acceptors (Lipinski definition) is 3. The molecule has 0 aromatic heterocycles. The van der Waals surface area contributed by atoms with Crippen molar-refractivity contribution < 1.29 is 14.6 Å². The third kappa shape index (κ3) is 2.32. The Bertz CT molecular complexity index is 651. The average molecular weight is 314 g/mol. The Labute approximate surface area is 138 Å². The number of esters is 1. The minimum Gasteiger partial charge on any atom is -0.462 e. The van der Waals surface area contributed by atoms with Gasteiger partial charge in [0.05, 0.1) is 6.10 Å². The Kier molecular flexibility index (Phi) is 3.53. The van der Waals surface area contributed by atoms with Gasteiger partial charge in [-0.1, -0.05) is 19.1 Å². The van der Waals surface area contributed by atoms with E-state index in [-0.39, 0.29) is 23.6 Å². The summed E-state index contributed by atoms with van der Waals surface area (Å²) in [6, 6.07) is 4.53. The van der Waals surface area contributed by atoms with Gasteiger partial charge in [0, 0.05) is 12.3 Å². The van der Waals surface area contributed by atoms with E-state index >= 15 is 0 Å². The highest BCUT2D eigenvalue weighted by molar-refractivity contribution is 5.66. The topological polar surface area (TPSA) is 46.5 Å². The van der Waals surface area contributed by atoms with Gasteiger partial charge in [-0.15, -0.1) is 0 Å². The van der Waals surface area contributed by atoms with Gasteiger partial charge < -0.3 is 9.84 Å². The van der Waals surface area contributed by atoms with E-state index in [4.69, 9.17) is 4.74 Å². The normalized spacial score (nSPS) is 35.2. The minimum absolute atomic E-state index is 0.0657. The number of aliphatic hydroxyl groups is 1. The SMILES string of the molecule is CC(=O)OC1CCC2c3ccc4c(c3CCC12C)CCC(O)C4. The molecule has 3 aliphatic rings. The Morgan fingerprint density at radius 2 is 2.04 bits per heavy atom. The van der Waals surface area contributed by atoms with Gasteiger partial charge in [-0.3, -0.25) is 4.79 Å². The summed E-state index contributed by atoms with van der Waals surface area (Å²) in [6.45, 7) is 3.83. The number of carbonyl (C=O) groups excluding carboxylic acids is 1. The largest absolute Gasteiger partial charge is 0.462 e. The van der Waals surface area contributed by atoms with Gasteiger partial charge in [0.15, 0.2) is 0 Å². The van der Waals surface area contributed by atoms with Crippen LogP contribution in [0.4, 0.5) is 0 Å². The molecule has 3 heteroatoms.